The lowest BCUT2D eigenvalue weighted by Crippen LogP contribution is -2.27. The largest absolute Gasteiger partial charge is 0.433 e. The highest BCUT2D eigenvalue weighted by Gasteiger charge is 2.36. The molecule has 1 N–H and O–H groups in total. The van der Waals surface area contributed by atoms with E-state index in [4.69, 9.17) is 0 Å². The van der Waals surface area contributed by atoms with E-state index in [1.54, 1.807) is 23.7 Å². The van der Waals surface area contributed by atoms with Crippen LogP contribution in [0, 0.1) is 6.92 Å². The number of amides is 1. The summed E-state index contributed by atoms with van der Waals surface area (Å²) in [6.07, 6.45) is -1.75. The maximum atomic E-state index is 14.1. The number of rotatable bonds is 5. The SMILES string of the molecule is CCn1cc(C(C)NC(=O)c2cnn3c(C(F)(F)F)cc(-c4cccc5ccccc45)nc23)c(C)n1. The Morgan fingerprint density at radius 1 is 1.14 bits per heavy atom. The number of benzene rings is 2. The Kier molecular flexibility index (Phi) is 5.74. The molecule has 36 heavy (non-hydrogen) atoms. The first kappa shape index (κ1) is 23.5. The number of hydrogen-bond donors (Lipinski definition) is 1. The van der Waals surface area contributed by atoms with Gasteiger partial charge in [-0.15, -0.1) is 0 Å². The number of fused-ring (bicyclic) bond motifs is 2. The molecule has 5 aromatic rings. The van der Waals surface area contributed by atoms with Crippen molar-refractivity contribution in [1.82, 2.24) is 29.7 Å². The third-order valence-electron chi connectivity index (χ3n) is 6.19. The second kappa shape index (κ2) is 8.78. The van der Waals surface area contributed by atoms with Crippen LogP contribution in [-0.2, 0) is 12.7 Å². The maximum Gasteiger partial charge on any atom is 0.433 e. The highest BCUT2D eigenvalue weighted by molar-refractivity contribution is 6.01. The van der Waals surface area contributed by atoms with Gasteiger partial charge >= 0.3 is 6.18 Å². The minimum Gasteiger partial charge on any atom is -0.345 e. The molecule has 0 saturated heterocycles. The molecule has 2 aromatic carbocycles. The summed E-state index contributed by atoms with van der Waals surface area (Å²) in [7, 11) is 0. The van der Waals surface area contributed by atoms with Crippen LogP contribution in [0.3, 0.4) is 0 Å². The molecule has 184 valence electrons. The molecule has 0 aliphatic heterocycles. The van der Waals surface area contributed by atoms with E-state index in [0.29, 0.717) is 16.6 Å². The van der Waals surface area contributed by atoms with Crippen LogP contribution >= 0.6 is 0 Å². The van der Waals surface area contributed by atoms with Crippen LogP contribution in [0.4, 0.5) is 13.2 Å². The van der Waals surface area contributed by atoms with E-state index >= 15 is 0 Å². The van der Waals surface area contributed by atoms with Gasteiger partial charge in [0, 0.05) is 23.9 Å². The van der Waals surface area contributed by atoms with Gasteiger partial charge in [-0.05, 0) is 37.6 Å². The molecule has 0 radical (unpaired) electrons. The van der Waals surface area contributed by atoms with E-state index in [2.05, 4.69) is 20.5 Å². The van der Waals surface area contributed by atoms with E-state index in [9.17, 15) is 18.0 Å². The predicted molar refractivity (Wildman–Crippen MR) is 129 cm³/mol. The summed E-state index contributed by atoms with van der Waals surface area (Å²) in [5.41, 5.74) is 0.997. The minimum absolute atomic E-state index is 0.0463. The molecule has 1 amide bonds. The van der Waals surface area contributed by atoms with Crippen molar-refractivity contribution < 1.29 is 18.0 Å². The zero-order chi connectivity index (χ0) is 25.6. The van der Waals surface area contributed by atoms with Gasteiger partial charge < -0.3 is 5.32 Å². The van der Waals surface area contributed by atoms with Crippen molar-refractivity contribution in [2.75, 3.05) is 0 Å². The van der Waals surface area contributed by atoms with Gasteiger partial charge in [0.25, 0.3) is 5.91 Å². The summed E-state index contributed by atoms with van der Waals surface area (Å²) in [4.78, 5) is 17.7. The molecule has 7 nitrogen and oxygen atoms in total. The predicted octanol–water partition coefficient (Wildman–Crippen LogP) is 5.58. The van der Waals surface area contributed by atoms with Crippen molar-refractivity contribution >= 4 is 22.3 Å². The van der Waals surface area contributed by atoms with Gasteiger partial charge in [0.1, 0.15) is 5.56 Å². The van der Waals surface area contributed by atoms with Crippen LogP contribution in [0.5, 0.6) is 0 Å². The topological polar surface area (TPSA) is 77.1 Å². The van der Waals surface area contributed by atoms with E-state index in [0.717, 1.165) is 34.3 Å². The highest BCUT2D eigenvalue weighted by atomic mass is 19.4. The van der Waals surface area contributed by atoms with Gasteiger partial charge in [-0.2, -0.15) is 23.4 Å². The van der Waals surface area contributed by atoms with Crippen LogP contribution in [-0.4, -0.2) is 30.3 Å². The van der Waals surface area contributed by atoms with Gasteiger partial charge in [0.15, 0.2) is 11.3 Å². The number of halogens is 3. The monoisotopic (exact) mass is 492 g/mol. The van der Waals surface area contributed by atoms with Crippen LogP contribution in [0.1, 0.15) is 47.2 Å². The first-order valence-corrected chi connectivity index (χ1v) is 11.5. The Balaban J connectivity index is 1.61. The lowest BCUT2D eigenvalue weighted by Gasteiger charge is -2.14. The van der Waals surface area contributed by atoms with Crippen LogP contribution in [0.25, 0.3) is 27.7 Å². The summed E-state index contributed by atoms with van der Waals surface area (Å²) >= 11 is 0. The molecule has 0 aliphatic rings. The number of carbonyl (C=O) groups excluding carboxylic acids is 1. The molecule has 0 spiro atoms. The lowest BCUT2D eigenvalue weighted by atomic mass is 10.0. The quantitative estimate of drug-likeness (QED) is 0.347. The molecule has 10 heteroatoms. The molecule has 3 aromatic heterocycles. The van der Waals surface area contributed by atoms with Gasteiger partial charge in [0.2, 0.25) is 0 Å². The molecular weight excluding hydrogens is 469 g/mol. The van der Waals surface area contributed by atoms with Crippen molar-refractivity contribution in [3.05, 3.63) is 83.4 Å². The van der Waals surface area contributed by atoms with Crippen molar-refractivity contribution in [3.63, 3.8) is 0 Å². The maximum absolute atomic E-state index is 14.1. The van der Waals surface area contributed by atoms with Gasteiger partial charge in [-0.1, -0.05) is 42.5 Å². The van der Waals surface area contributed by atoms with E-state index in [1.165, 1.54) is 0 Å². The van der Waals surface area contributed by atoms with Crippen molar-refractivity contribution in [2.45, 2.75) is 39.5 Å². The molecule has 3 heterocycles. The number of nitrogens with zero attached hydrogens (tertiary/aromatic N) is 5. The van der Waals surface area contributed by atoms with Crippen LogP contribution in [0.2, 0.25) is 0 Å². The summed E-state index contributed by atoms with van der Waals surface area (Å²) in [5, 5.41) is 12.7. The Bertz CT molecular complexity index is 1600. The standard InChI is InChI=1S/C26H23F3N6O/c1-4-34-14-21(16(3)33-34)15(2)31-25(36)20-13-30-35-23(26(27,28)29)12-22(32-24(20)35)19-11-7-9-17-8-5-6-10-18(17)19/h5-15H,4H2,1-3H3,(H,31,36). The van der Waals surface area contributed by atoms with E-state index in [1.807, 2.05) is 50.4 Å². The van der Waals surface area contributed by atoms with E-state index in [-0.39, 0.29) is 16.9 Å². The normalized spacial score (nSPS) is 12.8. The fourth-order valence-corrected chi connectivity index (χ4v) is 4.38. The highest BCUT2D eigenvalue weighted by Crippen LogP contribution is 2.35. The average molecular weight is 493 g/mol. The third-order valence-corrected chi connectivity index (χ3v) is 6.19. The number of carbonyl (C=O) groups is 1. The van der Waals surface area contributed by atoms with Crippen molar-refractivity contribution in [1.29, 1.82) is 0 Å². The first-order chi connectivity index (χ1) is 17.2. The summed E-state index contributed by atoms with van der Waals surface area (Å²) in [5.74, 6) is -0.572. The minimum atomic E-state index is -4.71. The third kappa shape index (κ3) is 4.08. The number of nitrogens with one attached hydrogen (secondary N) is 1. The smallest absolute Gasteiger partial charge is 0.345 e. The molecule has 0 bridgehead atoms. The molecule has 0 saturated carbocycles. The van der Waals surface area contributed by atoms with Crippen LogP contribution < -0.4 is 5.32 Å². The van der Waals surface area contributed by atoms with Gasteiger partial charge in [-0.3, -0.25) is 9.48 Å². The number of aryl methyl sites for hydroxylation is 2. The summed E-state index contributed by atoms with van der Waals surface area (Å²) in [6.45, 7) is 6.27. The number of hydrogen-bond acceptors (Lipinski definition) is 4. The fourth-order valence-electron chi connectivity index (χ4n) is 4.38. The van der Waals surface area contributed by atoms with Crippen molar-refractivity contribution in [3.8, 4) is 11.3 Å². The molecule has 1 atom stereocenters. The van der Waals surface area contributed by atoms with Crippen LogP contribution in [0.15, 0.2) is 60.9 Å². The number of aromatic nitrogens is 5. The Morgan fingerprint density at radius 3 is 2.61 bits per heavy atom. The van der Waals surface area contributed by atoms with E-state index < -0.39 is 23.8 Å². The second-order valence-electron chi connectivity index (χ2n) is 8.57. The zero-order valence-corrected chi connectivity index (χ0v) is 19.8. The lowest BCUT2D eigenvalue weighted by molar-refractivity contribution is -0.142. The zero-order valence-electron chi connectivity index (χ0n) is 19.8. The molecule has 1 unspecified atom stereocenters. The first-order valence-electron chi connectivity index (χ1n) is 11.5. The molecule has 5 rings (SSSR count). The Labute approximate surface area is 204 Å². The average Bonchev–Trinajstić information content (AvgIpc) is 3.45. The Hall–Kier alpha value is -4.21. The number of alkyl halides is 3. The van der Waals surface area contributed by atoms with Gasteiger partial charge in [0.05, 0.1) is 23.6 Å². The molecule has 0 fully saturated rings. The van der Waals surface area contributed by atoms with Gasteiger partial charge in [-0.25, -0.2) is 9.50 Å². The summed E-state index contributed by atoms with van der Waals surface area (Å²) < 4.78 is 44.6. The summed E-state index contributed by atoms with van der Waals surface area (Å²) in [6, 6.07) is 13.3. The second-order valence-corrected chi connectivity index (χ2v) is 8.57. The molecular formula is C26H23F3N6O. The van der Waals surface area contributed by atoms with Crippen molar-refractivity contribution in [2.24, 2.45) is 0 Å². The Morgan fingerprint density at radius 2 is 1.89 bits per heavy atom. The fraction of sp³-hybridized carbons (Fsp3) is 0.231. The molecule has 0 aliphatic carbocycles.